The highest BCUT2D eigenvalue weighted by Crippen LogP contribution is 2.27. The molecule has 1 atom stereocenters. The van der Waals surface area contributed by atoms with E-state index in [0.717, 1.165) is 18.4 Å². The van der Waals surface area contributed by atoms with Crippen molar-refractivity contribution in [1.29, 1.82) is 0 Å². The summed E-state index contributed by atoms with van der Waals surface area (Å²) in [6.07, 6.45) is -1.47. The average molecular weight is 360 g/mol. The standard InChI is InChI=1S/C18H15F3N4O/c19-18(20,21)26-16-5-3-15(4-6-16)25-10-23-17(24-25)12-2-1-11-8-14(22)9-13(11)7-12/h1-7,10,14H,8-9,22H2. The van der Waals surface area contributed by atoms with Gasteiger partial charge in [-0.2, -0.15) is 0 Å². The highest BCUT2D eigenvalue weighted by atomic mass is 19.4. The molecule has 3 aromatic rings. The lowest BCUT2D eigenvalue weighted by Gasteiger charge is -2.09. The maximum atomic E-state index is 12.2. The van der Waals surface area contributed by atoms with Crippen LogP contribution in [0.1, 0.15) is 11.1 Å². The van der Waals surface area contributed by atoms with Crippen molar-refractivity contribution in [3.63, 3.8) is 0 Å². The van der Waals surface area contributed by atoms with Gasteiger partial charge in [0.05, 0.1) is 5.69 Å². The number of rotatable bonds is 3. The van der Waals surface area contributed by atoms with Crippen LogP contribution in [-0.2, 0) is 12.8 Å². The maximum Gasteiger partial charge on any atom is 0.573 e. The van der Waals surface area contributed by atoms with Crippen LogP contribution in [0.3, 0.4) is 0 Å². The number of hydrogen-bond acceptors (Lipinski definition) is 4. The number of alkyl halides is 3. The lowest BCUT2D eigenvalue weighted by atomic mass is 10.1. The number of benzene rings is 2. The summed E-state index contributed by atoms with van der Waals surface area (Å²) >= 11 is 0. The molecule has 0 saturated carbocycles. The first-order chi connectivity index (χ1) is 12.4. The molecule has 0 aliphatic heterocycles. The summed E-state index contributed by atoms with van der Waals surface area (Å²) in [4.78, 5) is 4.30. The third-order valence-corrected chi connectivity index (χ3v) is 4.26. The molecule has 0 spiro atoms. The summed E-state index contributed by atoms with van der Waals surface area (Å²) in [5.41, 5.74) is 9.92. The number of aromatic nitrogens is 3. The second-order valence-electron chi connectivity index (χ2n) is 6.21. The molecule has 0 saturated heterocycles. The Labute approximate surface area is 147 Å². The highest BCUT2D eigenvalue weighted by molar-refractivity contribution is 5.58. The second kappa shape index (κ2) is 6.14. The van der Waals surface area contributed by atoms with Gasteiger partial charge in [0.1, 0.15) is 12.1 Å². The van der Waals surface area contributed by atoms with Gasteiger partial charge in [0.15, 0.2) is 5.82 Å². The normalized spacial score (nSPS) is 16.5. The Bertz CT molecular complexity index is 934. The molecular formula is C18H15F3N4O. The van der Waals surface area contributed by atoms with Crippen molar-refractivity contribution >= 4 is 0 Å². The zero-order chi connectivity index (χ0) is 18.3. The first-order valence-corrected chi connectivity index (χ1v) is 8.03. The summed E-state index contributed by atoms with van der Waals surface area (Å²) in [7, 11) is 0. The molecule has 26 heavy (non-hydrogen) atoms. The van der Waals surface area contributed by atoms with E-state index in [0.29, 0.717) is 11.5 Å². The summed E-state index contributed by atoms with van der Waals surface area (Å²) in [6, 6.07) is 11.6. The predicted octanol–water partition coefficient (Wildman–Crippen LogP) is 3.26. The number of nitrogens with zero attached hydrogens (tertiary/aromatic N) is 3. The predicted molar refractivity (Wildman–Crippen MR) is 88.9 cm³/mol. The van der Waals surface area contributed by atoms with E-state index < -0.39 is 6.36 Å². The molecule has 1 heterocycles. The van der Waals surface area contributed by atoms with Gasteiger partial charge in [-0.3, -0.25) is 0 Å². The van der Waals surface area contributed by atoms with Crippen molar-refractivity contribution in [3.05, 3.63) is 59.9 Å². The zero-order valence-electron chi connectivity index (χ0n) is 13.6. The minimum atomic E-state index is -4.71. The lowest BCUT2D eigenvalue weighted by molar-refractivity contribution is -0.274. The van der Waals surface area contributed by atoms with Crippen LogP contribution in [-0.4, -0.2) is 27.2 Å². The third-order valence-electron chi connectivity index (χ3n) is 4.26. The molecule has 2 N–H and O–H groups in total. The van der Waals surface area contributed by atoms with E-state index in [1.807, 2.05) is 18.2 Å². The van der Waals surface area contributed by atoms with Crippen molar-refractivity contribution < 1.29 is 17.9 Å². The van der Waals surface area contributed by atoms with E-state index in [1.165, 1.54) is 46.4 Å². The fraction of sp³-hybridized carbons (Fsp3) is 0.222. The molecule has 0 bridgehead atoms. The number of halogens is 3. The largest absolute Gasteiger partial charge is 0.573 e. The summed E-state index contributed by atoms with van der Waals surface area (Å²) < 4.78 is 42.0. The Morgan fingerprint density at radius 2 is 1.77 bits per heavy atom. The topological polar surface area (TPSA) is 66.0 Å². The van der Waals surface area contributed by atoms with E-state index >= 15 is 0 Å². The van der Waals surface area contributed by atoms with Gasteiger partial charge in [0.2, 0.25) is 0 Å². The van der Waals surface area contributed by atoms with Gasteiger partial charge in [-0.25, -0.2) is 9.67 Å². The lowest BCUT2D eigenvalue weighted by Crippen LogP contribution is -2.18. The quantitative estimate of drug-likeness (QED) is 0.779. The fourth-order valence-electron chi connectivity index (χ4n) is 3.11. The van der Waals surface area contributed by atoms with Crippen LogP contribution in [0.15, 0.2) is 48.8 Å². The number of nitrogens with two attached hydrogens (primary N) is 1. The molecule has 0 amide bonds. The molecule has 5 nitrogen and oxygen atoms in total. The second-order valence-corrected chi connectivity index (χ2v) is 6.21. The van der Waals surface area contributed by atoms with E-state index in [-0.39, 0.29) is 11.8 Å². The molecule has 0 radical (unpaired) electrons. The molecule has 0 fully saturated rings. The Hall–Kier alpha value is -2.87. The van der Waals surface area contributed by atoms with Gasteiger partial charge >= 0.3 is 6.36 Å². The van der Waals surface area contributed by atoms with Gasteiger partial charge in [-0.1, -0.05) is 12.1 Å². The average Bonchev–Trinajstić information content (AvgIpc) is 3.19. The van der Waals surface area contributed by atoms with Crippen LogP contribution in [0.5, 0.6) is 5.75 Å². The molecule has 1 unspecified atom stereocenters. The van der Waals surface area contributed by atoms with Crippen LogP contribution in [0.25, 0.3) is 17.1 Å². The van der Waals surface area contributed by atoms with Crippen molar-refractivity contribution in [2.75, 3.05) is 0 Å². The molecule has 2 aromatic carbocycles. The minimum Gasteiger partial charge on any atom is -0.406 e. The van der Waals surface area contributed by atoms with Gasteiger partial charge < -0.3 is 10.5 Å². The summed E-state index contributed by atoms with van der Waals surface area (Å²) in [5, 5.41) is 4.41. The fourth-order valence-corrected chi connectivity index (χ4v) is 3.11. The van der Waals surface area contributed by atoms with Crippen LogP contribution < -0.4 is 10.5 Å². The number of ether oxygens (including phenoxy) is 1. The smallest absolute Gasteiger partial charge is 0.406 e. The Morgan fingerprint density at radius 1 is 1.04 bits per heavy atom. The third kappa shape index (κ3) is 3.41. The minimum absolute atomic E-state index is 0.156. The SMILES string of the molecule is NC1Cc2ccc(-c3ncn(-c4ccc(OC(F)(F)F)cc4)n3)cc2C1. The highest BCUT2D eigenvalue weighted by Gasteiger charge is 2.31. The molecule has 1 aliphatic rings. The summed E-state index contributed by atoms with van der Waals surface area (Å²) in [6.45, 7) is 0. The van der Waals surface area contributed by atoms with Crippen molar-refractivity contribution in [2.24, 2.45) is 5.73 Å². The first kappa shape index (κ1) is 16.6. The van der Waals surface area contributed by atoms with E-state index in [4.69, 9.17) is 5.73 Å². The Morgan fingerprint density at radius 3 is 2.50 bits per heavy atom. The molecule has 1 aliphatic carbocycles. The van der Waals surface area contributed by atoms with Crippen molar-refractivity contribution in [2.45, 2.75) is 25.2 Å². The molecular weight excluding hydrogens is 345 g/mol. The molecule has 1 aromatic heterocycles. The van der Waals surface area contributed by atoms with Crippen LogP contribution in [0, 0.1) is 0 Å². The molecule has 8 heteroatoms. The maximum absolute atomic E-state index is 12.2. The Kier molecular flexibility index (Phi) is 3.91. The van der Waals surface area contributed by atoms with Gasteiger partial charge in [0.25, 0.3) is 0 Å². The van der Waals surface area contributed by atoms with Crippen LogP contribution in [0.4, 0.5) is 13.2 Å². The zero-order valence-corrected chi connectivity index (χ0v) is 13.6. The van der Waals surface area contributed by atoms with Gasteiger partial charge in [-0.15, -0.1) is 18.3 Å². The van der Waals surface area contributed by atoms with E-state index in [1.54, 1.807) is 0 Å². The first-order valence-electron chi connectivity index (χ1n) is 8.03. The molecule has 4 rings (SSSR count). The van der Waals surface area contributed by atoms with Crippen LogP contribution >= 0.6 is 0 Å². The number of fused-ring (bicyclic) bond motifs is 1. The van der Waals surface area contributed by atoms with Gasteiger partial charge in [-0.05, 0) is 54.3 Å². The molecule has 134 valence electrons. The summed E-state index contributed by atoms with van der Waals surface area (Å²) in [5.74, 6) is 0.264. The van der Waals surface area contributed by atoms with Crippen molar-refractivity contribution in [1.82, 2.24) is 14.8 Å². The van der Waals surface area contributed by atoms with E-state index in [2.05, 4.69) is 14.8 Å². The number of hydrogen-bond donors (Lipinski definition) is 1. The monoisotopic (exact) mass is 360 g/mol. The van der Waals surface area contributed by atoms with Crippen molar-refractivity contribution in [3.8, 4) is 22.8 Å². The Balaban J connectivity index is 1.56. The van der Waals surface area contributed by atoms with Gasteiger partial charge in [0, 0.05) is 11.6 Å². The van der Waals surface area contributed by atoms with Crippen LogP contribution in [0.2, 0.25) is 0 Å². The van der Waals surface area contributed by atoms with E-state index in [9.17, 15) is 13.2 Å².